The Kier molecular flexibility index (Phi) is 2.59. The number of alkyl halides is 3. The Bertz CT molecular complexity index is 455. The standard InChI is InChI=1S/C7H5F3N2O2/c8-7(9,10)2-4-12-3-1-5(13)11-6(12)14/h1-4H,(H,11,13,14)/b4-2-. The summed E-state index contributed by atoms with van der Waals surface area (Å²) in [7, 11) is 0. The van der Waals surface area contributed by atoms with Gasteiger partial charge in [-0.3, -0.25) is 14.3 Å². The van der Waals surface area contributed by atoms with Crippen molar-refractivity contribution in [3.05, 3.63) is 39.2 Å². The van der Waals surface area contributed by atoms with Gasteiger partial charge in [-0.15, -0.1) is 0 Å². The molecule has 1 aromatic heterocycles. The Morgan fingerprint density at radius 2 is 2.00 bits per heavy atom. The molecule has 1 N–H and O–H groups in total. The number of hydrogen-bond acceptors (Lipinski definition) is 2. The molecular formula is C7H5F3N2O2. The zero-order chi connectivity index (χ0) is 10.8. The summed E-state index contributed by atoms with van der Waals surface area (Å²) in [5.41, 5.74) is -1.58. The summed E-state index contributed by atoms with van der Waals surface area (Å²) < 4.78 is 35.7. The maximum absolute atomic E-state index is 11.7. The largest absolute Gasteiger partial charge is 0.411 e. The molecule has 0 amide bonds. The van der Waals surface area contributed by atoms with Gasteiger partial charge in [-0.2, -0.15) is 13.2 Å². The molecule has 14 heavy (non-hydrogen) atoms. The van der Waals surface area contributed by atoms with E-state index < -0.39 is 17.4 Å². The van der Waals surface area contributed by atoms with Crippen LogP contribution in [-0.2, 0) is 0 Å². The van der Waals surface area contributed by atoms with E-state index in [1.165, 1.54) is 0 Å². The maximum atomic E-state index is 11.7. The predicted molar refractivity (Wildman–Crippen MR) is 42.7 cm³/mol. The van der Waals surface area contributed by atoms with Crippen molar-refractivity contribution in [1.82, 2.24) is 9.55 Å². The number of nitrogens with zero attached hydrogens (tertiary/aromatic N) is 1. The van der Waals surface area contributed by atoms with Crippen LogP contribution in [0.3, 0.4) is 0 Å². The van der Waals surface area contributed by atoms with Crippen LogP contribution in [0.5, 0.6) is 0 Å². The number of H-pyrrole nitrogens is 1. The van der Waals surface area contributed by atoms with Crippen LogP contribution in [0.15, 0.2) is 27.9 Å². The van der Waals surface area contributed by atoms with Crippen LogP contribution >= 0.6 is 0 Å². The van der Waals surface area contributed by atoms with Crippen molar-refractivity contribution in [2.75, 3.05) is 0 Å². The SMILES string of the molecule is O=c1ccn(/C=C\C(F)(F)F)c(=O)[nH]1. The molecule has 0 saturated carbocycles. The van der Waals surface area contributed by atoms with E-state index in [0.29, 0.717) is 10.8 Å². The van der Waals surface area contributed by atoms with Gasteiger partial charge >= 0.3 is 11.9 Å². The topological polar surface area (TPSA) is 54.9 Å². The molecule has 0 radical (unpaired) electrons. The lowest BCUT2D eigenvalue weighted by Gasteiger charge is -1.98. The molecule has 0 aliphatic carbocycles. The van der Waals surface area contributed by atoms with Gasteiger partial charge in [0, 0.05) is 24.5 Å². The molecule has 4 nitrogen and oxygen atoms in total. The summed E-state index contributed by atoms with van der Waals surface area (Å²) in [6.07, 6.45) is -3.12. The average Bonchev–Trinajstić information content (AvgIpc) is 2.00. The molecule has 1 aromatic rings. The van der Waals surface area contributed by atoms with Crippen LogP contribution in [0.1, 0.15) is 0 Å². The van der Waals surface area contributed by atoms with E-state index >= 15 is 0 Å². The van der Waals surface area contributed by atoms with Gasteiger partial charge in [-0.25, -0.2) is 4.79 Å². The molecule has 1 rings (SSSR count). The van der Waals surface area contributed by atoms with Crippen LogP contribution in [0, 0.1) is 0 Å². The molecular weight excluding hydrogens is 201 g/mol. The van der Waals surface area contributed by atoms with Gasteiger partial charge in [0.15, 0.2) is 0 Å². The fourth-order valence-corrected chi connectivity index (χ4v) is 0.710. The van der Waals surface area contributed by atoms with Crippen molar-refractivity contribution < 1.29 is 13.2 Å². The average molecular weight is 206 g/mol. The third-order valence-electron chi connectivity index (χ3n) is 1.28. The predicted octanol–water partition coefficient (Wildman–Crippen LogP) is 0.570. The van der Waals surface area contributed by atoms with Crippen molar-refractivity contribution in [1.29, 1.82) is 0 Å². The van der Waals surface area contributed by atoms with Gasteiger partial charge in [-0.05, 0) is 0 Å². The number of hydrogen-bond donors (Lipinski definition) is 1. The minimum Gasteiger partial charge on any atom is -0.276 e. The minimum absolute atomic E-state index is 0.104. The fourth-order valence-electron chi connectivity index (χ4n) is 0.710. The van der Waals surface area contributed by atoms with Crippen molar-refractivity contribution in [3.8, 4) is 0 Å². The summed E-state index contributed by atoms with van der Waals surface area (Å²) in [6.45, 7) is 0. The van der Waals surface area contributed by atoms with Crippen molar-refractivity contribution in [2.45, 2.75) is 6.18 Å². The fraction of sp³-hybridized carbons (Fsp3) is 0.143. The number of rotatable bonds is 1. The first-order chi connectivity index (χ1) is 6.38. The Balaban J connectivity index is 3.05. The second-order valence-corrected chi connectivity index (χ2v) is 2.37. The molecule has 1 heterocycles. The van der Waals surface area contributed by atoms with Crippen molar-refractivity contribution in [2.24, 2.45) is 0 Å². The molecule has 0 unspecified atom stereocenters. The van der Waals surface area contributed by atoms with Crippen LogP contribution in [-0.4, -0.2) is 15.7 Å². The monoisotopic (exact) mass is 206 g/mol. The summed E-state index contributed by atoms with van der Waals surface area (Å²) in [5.74, 6) is 0. The van der Waals surface area contributed by atoms with Crippen LogP contribution in [0.2, 0.25) is 0 Å². The van der Waals surface area contributed by atoms with Crippen LogP contribution in [0.25, 0.3) is 6.20 Å². The van der Waals surface area contributed by atoms with E-state index in [2.05, 4.69) is 0 Å². The summed E-state index contributed by atoms with van der Waals surface area (Å²) >= 11 is 0. The highest BCUT2D eigenvalue weighted by Crippen LogP contribution is 2.15. The number of allylic oxidation sites excluding steroid dienone is 1. The molecule has 0 saturated heterocycles. The molecule has 0 aliphatic heterocycles. The van der Waals surface area contributed by atoms with Crippen molar-refractivity contribution in [3.63, 3.8) is 0 Å². The first kappa shape index (κ1) is 10.3. The van der Waals surface area contributed by atoms with E-state index in [9.17, 15) is 22.8 Å². The Labute approximate surface area is 75.3 Å². The third-order valence-corrected chi connectivity index (χ3v) is 1.28. The second-order valence-electron chi connectivity index (χ2n) is 2.37. The van der Waals surface area contributed by atoms with E-state index in [4.69, 9.17) is 0 Å². The number of aromatic amines is 1. The summed E-state index contributed by atoms with van der Waals surface area (Å²) in [5, 5.41) is 0. The van der Waals surface area contributed by atoms with Gasteiger partial charge in [0.05, 0.1) is 0 Å². The molecule has 0 fully saturated rings. The molecule has 0 aromatic carbocycles. The smallest absolute Gasteiger partial charge is 0.276 e. The highest BCUT2D eigenvalue weighted by Gasteiger charge is 2.21. The summed E-state index contributed by atoms with van der Waals surface area (Å²) in [6, 6.07) is 0.947. The normalized spacial score (nSPS) is 12.2. The Morgan fingerprint density at radius 1 is 1.36 bits per heavy atom. The molecule has 76 valence electrons. The minimum atomic E-state index is -4.49. The number of aromatic nitrogens is 2. The van der Waals surface area contributed by atoms with Gasteiger partial charge in [0.1, 0.15) is 0 Å². The van der Waals surface area contributed by atoms with Gasteiger partial charge in [-0.1, -0.05) is 0 Å². The number of halogens is 3. The molecule has 0 atom stereocenters. The lowest BCUT2D eigenvalue weighted by atomic mass is 10.5. The van der Waals surface area contributed by atoms with E-state index in [1.54, 1.807) is 0 Å². The maximum Gasteiger partial charge on any atom is 0.411 e. The van der Waals surface area contributed by atoms with Gasteiger partial charge in [0.2, 0.25) is 0 Å². The molecule has 0 bridgehead atoms. The van der Waals surface area contributed by atoms with Gasteiger partial charge in [0.25, 0.3) is 5.56 Å². The molecule has 0 spiro atoms. The summed E-state index contributed by atoms with van der Waals surface area (Å²) in [4.78, 5) is 23.2. The third kappa shape index (κ3) is 2.92. The quantitative estimate of drug-likeness (QED) is 0.730. The van der Waals surface area contributed by atoms with Crippen molar-refractivity contribution >= 4 is 6.20 Å². The highest BCUT2D eigenvalue weighted by atomic mass is 19.4. The van der Waals surface area contributed by atoms with E-state index in [-0.39, 0.29) is 6.08 Å². The van der Waals surface area contributed by atoms with E-state index in [0.717, 1.165) is 12.3 Å². The Hall–Kier alpha value is -1.79. The lowest BCUT2D eigenvalue weighted by molar-refractivity contribution is -0.0792. The zero-order valence-corrected chi connectivity index (χ0v) is 6.71. The molecule has 0 aliphatic rings. The first-order valence-electron chi connectivity index (χ1n) is 3.46. The zero-order valence-electron chi connectivity index (χ0n) is 6.71. The first-order valence-corrected chi connectivity index (χ1v) is 3.46. The Morgan fingerprint density at radius 3 is 2.50 bits per heavy atom. The number of nitrogens with one attached hydrogen (secondary N) is 1. The van der Waals surface area contributed by atoms with Gasteiger partial charge < -0.3 is 0 Å². The van der Waals surface area contributed by atoms with Crippen LogP contribution < -0.4 is 11.2 Å². The molecule has 7 heteroatoms. The lowest BCUT2D eigenvalue weighted by Crippen LogP contribution is -2.26. The second kappa shape index (κ2) is 3.52. The van der Waals surface area contributed by atoms with E-state index in [1.807, 2.05) is 4.98 Å². The highest BCUT2D eigenvalue weighted by molar-refractivity contribution is 5.23. The van der Waals surface area contributed by atoms with Crippen LogP contribution in [0.4, 0.5) is 13.2 Å².